The summed E-state index contributed by atoms with van der Waals surface area (Å²) in [5.74, 6) is 2.43. The zero-order chi connectivity index (χ0) is 22.0. The second-order valence-electron chi connectivity index (χ2n) is 8.04. The Labute approximate surface area is 190 Å². The number of fused-ring (bicyclic) bond motifs is 1. The molecule has 0 aliphatic carbocycles. The maximum absolute atomic E-state index is 5.81. The highest BCUT2D eigenvalue weighted by atomic mass is 16.5. The van der Waals surface area contributed by atoms with Crippen molar-refractivity contribution in [1.29, 1.82) is 0 Å². The molecule has 2 aromatic rings. The molecule has 0 atom stereocenters. The molecule has 1 fully saturated rings. The molecule has 172 valence electrons. The van der Waals surface area contributed by atoms with Crippen LogP contribution < -0.4 is 20.1 Å². The van der Waals surface area contributed by atoms with Crippen LogP contribution in [0.5, 0.6) is 11.5 Å². The first-order valence-electron chi connectivity index (χ1n) is 11.6. The van der Waals surface area contributed by atoms with E-state index in [-0.39, 0.29) is 0 Å². The van der Waals surface area contributed by atoms with Crippen LogP contribution in [-0.2, 0) is 24.4 Å². The highest BCUT2D eigenvalue weighted by Gasteiger charge is 2.13. The van der Waals surface area contributed by atoms with Gasteiger partial charge < -0.3 is 24.8 Å². The van der Waals surface area contributed by atoms with Crippen molar-refractivity contribution in [3.63, 3.8) is 0 Å². The molecule has 0 unspecified atom stereocenters. The van der Waals surface area contributed by atoms with Gasteiger partial charge in [-0.15, -0.1) is 0 Å². The Morgan fingerprint density at radius 3 is 2.53 bits per heavy atom. The van der Waals surface area contributed by atoms with Gasteiger partial charge in [0.1, 0.15) is 0 Å². The first-order chi connectivity index (χ1) is 15.8. The molecule has 4 rings (SSSR count). The first kappa shape index (κ1) is 22.4. The molecule has 0 bridgehead atoms. The third-order valence-corrected chi connectivity index (χ3v) is 5.64. The van der Waals surface area contributed by atoms with Crippen molar-refractivity contribution in [2.24, 2.45) is 4.99 Å². The van der Waals surface area contributed by atoms with Gasteiger partial charge in [0.2, 0.25) is 0 Å². The van der Waals surface area contributed by atoms with E-state index in [1.165, 1.54) is 11.1 Å². The summed E-state index contributed by atoms with van der Waals surface area (Å²) in [4.78, 5) is 7.24. The molecule has 0 amide bonds. The minimum absolute atomic E-state index is 0.571. The van der Waals surface area contributed by atoms with Gasteiger partial charge in [-0.1, -0.05) is 30.3 Å². The molecule has 32 heavy (non-hydrogen) atoms. The van der Waals surface area contributed by atoms with Gasteiger partial charge in [0.05, 0.1) is 33.0 Å². The monoisotopic (exact) mass is 438 g/mol. The Balaban J connectivity index is 1.38. The topological polar surface area (TPSA) is 67.4 Å². The van der Waals surface area contributed by atoms with Crippen molar-refractivity contribution in [1.82, 2.24) is 15.5 Å². The largest absolute Gasteiger partial charge is 0.490 e. The summed E-state index contributed by atoms with van der Waals surface area (Å²) in [6, 6.07) is 14.7. The second-order valence-corrected chi connectivity index (χ2v) is 8.04. The molecule has 2 aromatic carbocycles. The molecule has 0 spiro atoms. The van der Waals surface area contributed by atoms with Gasteiger partial charge in [0.15, 0.2) is 17.5 Å². The van der Waals surface area contributed by atoms with Crippen LogP contribution in [0.2, 0.25) is 0 Å². The standard InChI is InChI=1S/C25H34N4O3/c1-2-26-25(27-17-20-8-9-23-24(16-20)32-13-5-12-31-23)28-18-21-6-3-4-7-22(21)19-29-10-14-30-15-11-29/h3-4,6-9,16H,2,5,10-15,17-19H2,1H3,(H2,26,27,28). The summed E-state index contributed by atoms with van der Waals surface area (Å²) in [5, 5.41) is 6.85. The fourth-order valence-corrected chi connectivity index (χ4v) is 3.88. The quantitative estimate of drug-likeness (QED) is 0.512. The molecule has 2 N–H and O–H groups in total. The van der Waals surface area contributed by atoms with Gasteiger partial charge >= 0.3 is 0 Å². The van der Waals surface area contributed by atoms with E-state index in [1.807, 2.05) is 12.1 Å². The molecule has 7 heteroatoms. The highest BCUT2D eigenvalue weighted by Crippen LogP contribution is 2.30. The average Bonchev–Trinajstić information content (AvgIpc) is 3.07. The maximum atomic E-state index is 5.81. The predicted octanol–water partition coefficient (Wildman–Crippen LogP) is 2.94. The van der Waals surface area contributed by atoms with Gasteiger partial charge in [-0.2, -0.15) is 0 Å². The Hall–Kier alpha value is -2.77. The third kappa shape index (κ3) is 6.37. The molecule has 0 aromatic heterocycles. The van der Waals surface area contributed by atoms with Crippen molar-refractivity contribution >= 4 is 5.96 Å². The van der Waals surface area contributed by atoms with Crippen LogP contribution in [0.4, 0.5) is 0 Å². The molecule has 2 heterocycles. The van der Waals surface area contributed by atoms with Gasteiger partial charge in [-0.05, 0) is 35.7 Å². The maximum Gasteiger partial charge on any atom is 0.191 e. The molecule has 0 radical (unpaired) electrons. The summed E-state index contributed by atoms with van der Waals surface area (Å²) in [6.45, 7) is 10.1. The number of guanidine groups is 1. The molecule has 1 saturated heterocycles. The number of hydrogen-bond acceptors (Lipinski definition) is 5. The van der Waals surface area contributed by atoms with Gasteiger partial charge in [0, 0.05) is 39.1 Å². The Morgan fingerprint density at radius 2 is 1.72 bits per heavy atom. The first-order valence-corrected chi connectivity index (χ1v) is 11.6. The molecular weight excluding hydrogens is 404 g/mol. The van der Waals surface area contributed by atoms with Crippen LogP contribution >= 0.6 is 0 Å². The van der Waals surface area contributed by atoms with E-state index in [0.717, 1.165) is 75.4 Å². The zero-order valence-corrected chi connectivity index (χ0v) is 18.9. The molecule has 2 aliphatic heterocycles. The van der Waals surface area contributed by atoms with Crippen LogP contribution in [0.1, 0.15) is 30.0 Å². The normalized spacial score (nSPS) is 17.0. The number of hydrogen-bond donors (Lipinski definition) is 2. The lowest BCUT2D eigenvalue weighted by Gasteiger charge is -2.27. The van der Waals surface area contributed by atoms with Crippen LogP contribution in [0.25, 0.3) is 0 Å². The van der Waals surface area contributed by atoms with Gasteiger partial charge in [-0.3, -0.25) is 4.90 Å². The van der Waals surface area contributed by atoms with Gasteiger partial charge in [-0.25, -0.2) is 4.99 Å². The molecule has 0 saturated carbocycles. The summed E-state index contributed by atoms with van der Waals surface area (Å²) in [7, 11) is 0. The summed E-state index contributed by atoms with van der Waals surface area (Å²) in [6.07, 6.45) is 0.906. The minimum atomic E-state index is 0.571. The third-order valence-electron chi connectivity index (χ3n) is 5.64. The van der Waals surface area contributed by atoms with E-state index in [1.54, 1.807) is 0 Å². The lowest BCUT2D eigenvalue weighted by Crippen LogP contribution is -2.38. The van der Waals surface area contributed by atoms with E-state index < -0.39 is 0 Å². The highest BCUT2D eigenvalue weighted by molar-refractivity contribution is 5.79. The fourth-order valence-electron chi connectivity index (χ4n) is 3.88. The number of benzene rings is 2. The Kier molecular flexibility index (Phi) is 8.23. The van der Waals surface area contributed by atoms with Crippen molar-refractivity contribution in [2.45, 2.75) is 33.0 Å². The van der Waals surface area contributed by atoms with E-state index in [0.29, 0.717) is 19.8 Å². The number of rotatable bonds is 7. The summed E-state index contributed by atoms with van der Waals surface area (Å²) < 4.78 is 17.0. The van der Waals surface area contributed by atoms with E-state index in [2.05, 4.69) is 52.8 Å². The number of nitrogens with zero attached hydrogens (tertiary/aromatic N) is 2. The number of aliphatic imine (C=N–C) groups is 1. The van der Waals surface area contributed by atoms with Crippen molar-refractivity contribution in [3.8, 4) is 11.5 Å². The summed E-state index contributed by atoms with van der Waals surface area (Å²) in [5.41, 5.74) is 3.74. The molecular formula is C25H34N4O3. The van der Waals surface area contributed by atoms with Crippen molar-refractivity contribution < 1.29 is 14.2 Å². The van der Waals surface area contributed by atoms with E-state index >= 15 is 0 Å². The lowest BCUT2D eigenvalue weighted by atomic mass is 10.1. The SMILES string of the molecule is CCNC(=NCc1ccc2c(c1)OCCCO2)NCc1ccccc1CN1CCOCC1. The Bertz CT molecular complexity index is 897. The van der Waals surface area contributed by atoms with Crippen LogP contribution in [0.15, 0.2) is 47.5 Å². The molecule has 7 nitrogen and oxygen atoms in total. The minimum Gasteiger partial charge on any atom is -0.490 e. The fraction of sp³-hybridized carbons (Fsp3) is 0.480. The molecule has 2 aliphatic rings. The zero-order valence-electron chi connectivity index (χ0n) is 18.9. The number of nitrogens with one attached hydrogen (secondary N) is 2. The van der Waals surface area contributed by atoms with E-state index in [9.17, 15) is 0 Å². The van der Waals surface area contributed by atoms with Crippen molar-refractivity contribution in [2.75, 3.05) is 46.1 Å². The van der Waals surface area contributed by atoms with Crippen molar-refractivity contribution in [3.05, 3.63) is 59.2 Å². The second kappa shape index (κ2) is 11.7. The van der Waals surface area contributed by atoms with Gasteiger partial charge in [0.25, 0.3) is 0 Å². The number of morpholine rings is 1. The van der Waals surface area contributed by atoms with Crippen LogP contribution in [0, 0.1) is 0 Å². The van der Waals surface area contributed by atoms with Crippen LogP contribution in [0.3, 0.4) is 0 Å². The Morgan fingerprint density at radius 1 is 0.938 bits per heavy atom. The number of ether oxygens (including phenoxy) is 3. The predicted molar refractivity (Wildman–Crippen MR) is 126 cm³/mol. The summed E-state index contributed by atoms with van der Waals surface area (Å²) >= 11 is 0. The van der Waals surface area contributed by atoms with E-state index in [4.69, 9.17) is 19.2 Å². The van der Waals surface area contributed by atoms with Crippen LogP contribution in [-0.4, -0.2) is 56.9 Å². The smallest absolute Gasteiger partial charge is 0.191 e. The lowest BCUT2D eigenvalue weighted by molar-refractivity contribution is 0.0341. The average molecular weight is 439 g/mol.